The normalized spacial score (nSPS) is 9.21. The number of aromatic nitrogens is 1. The van der Waals surface area contributed by atoms with Gasteiger partial charge < -0.3 is 4.74 Å². The van der Waals surface area contributed by atoms with Crippen molar-refractivity contribution in [3.63, 3.8) is 0 Å². The number of nitrogens with zero attached hydrogens (tertiary/aromatic N) is 2. The second-order valence-corrected chi connectivity index (χ2v) is 2.66. The quantitative estimate of drug-likeness (QED) is 0.678. The maximum Gasteiger partial charge on any atom is 0.181 e. The van der Waals surface area contributed by atoms with E-state index in [-0.39, 0.29) is 5.78 Å². The molecule has 0 bridgehead atoms. The minimum atomic E-state index is -0.0622. The summed E-state index contributed by atoms with van der Waals surface area (Å²) in [6.45, 7) is 1.76. The fraction of sp³-hybridized carbons (Fsp3) is 0.300. The number of methoxy groups -OCH3 is 1. The number of ether oxygens (including phenoxy) is 1. The van der Waals surface area contributed by atoms with E-state index in [9.17, 15) is 4.79 Å². The summed E-state index contributed by atoms with van der Waals surface area (Å²) in [7, 11) is 1.45. The van der Waals surface area contributed by atoms with Crippen molar-refractivity contribution >= 4 is 5.78 Å². The van der Waals surface area contributed by atoms with Crippen molar-refractivity contribution < 1.29 is 9.53 Å². The highest BCUT2D eigenvalue weighted by Crippen LogP contribution is 2.17. The second kappa shape index (κ2) is 4.38. The van der Waals surface area contributed by atoms with E-state index >= 15 is 0 Å². The maximum absolute atomic E-state index is 11.3. The average Bonchev–Trinajstić information content (AvgIpc) is 2.26. The second-order valence-electron chi connectivity index (χ2n) is 2.66. The predicted molar refractivity (Wildman–Crippen MR) is 50.1 cm³/mol. The van der Waals surface area contributed by atoms with Crippen LogP contribution in [0.1, 0.15) is 29.4 Å². The van der Waals surface area contributed by atoms with Crippen molar-refractivity contribution in [1.82, 2.24) is 4.98 Å². The molecule has 4 nitrogen and oxygen atoms in total. The van der Waals surface area contributed by atoms with Crippen molar-refractivity contribution in [2.45, 2.75) is 13.3 Å². The van der Waals surface area contributed by atoms with E-state index in [1.165, 1.54) is 19.4 Å². The average molecular weight is 190 g/mol. The lowest BCUT2D eigenvalue weighted by molar-refractivity contribution is 0.0983. The Hall–Kier alpha value is -1.89. The van der Waals surface area contributed by atoms with Gasteiger partial charge in [-0.05, 0) is 0 Å². The SMILES string of the molecule is CCC(=O)c1cc(OC)c(C#N)cn1. The molecule has 0 amide bonds. The van der Waals surface area contributed by atoms with Crippen molar-refractivity contribution in [3.8, 4) is 11.8 Å². The lowest BCUT2D eigenvalue weighted by Crippen LogP contribution is -2.01. The van der Waals surface area contributed by atoms with Crippen LogP contribution in [-0.2, 0) is 0 Å². The van der Waals surface area contributed by atoms with Crippen LogP contribution in [0.2, 0.25) is 0 Å². The highest BCUT2D eigenvalue weighted by molar-refractivity contribution is 5.94. The number of hydrogen-bond donors (Lipinski definition) is 0. The Kier molecular flexibility index (Phi) is 3.19. The third-order valence-electron chi connectivity index (χ3n) is 1.81. The van der Waals surface area contributed by atoms with E-state index in [0.717, 1.165) is 0 Å². The summed E-state index contributed by atoms with van der Waals surface area (Å²) in [4.78, 5) is 15.2. The summed E-state index contributed by atoms with van der Waals surface area (Å²) >= 11 is 0. The summed E-state index contributed by atoms with van der Waals surface area (Å²) in [6, 6.07) is 3.42. The molecular formula is C10H10N2O2. The van der Waals surface area contributed by atoms with E-state index in [1.54, 1.807) is 6.92 Å². The molecule has 0 atom stereocenters. The minimum Gasteiger partial charge on any atom is -0.495 e. The molecule has 14 heavy (non-hydrogen) atoms. The smallest absolute Gasteiger partial charge is 0.181 e. The number of rotatable bonds is 3. The van der Waals surface area contributed by atoms with Crippen LogP contribution in [0, 0.1) is 11.3 Å². The monoisotopic (exact) mass is 190 g/mol. The van der Waals surface area contributed by atoms with Crippen LogP contribution in [0.5, 0.6) is 5.75 Å². The minimum absolute atomic E-state index is 0.0622. The van der Waals surface area contributed by atoms with Gasteiger partial charge in [-0.2, -0.15) is 5.26 Å². The van der Waals surface area contributed by atoms with Gasteiger partial charge in [-0.15, -0.1) is 0 Å². The van der Waals surface area contributed by atoms with Gasteiger partial charge in [0.05, 0.1) is 7.11 Å². The summed E-state index contributed by atoms with van der Waals surface area (Å²) in [5.41, 5.74) is 0.670. The Bertz CT molecular complexity index is 394. The molecular weight excluding hydrogens is 180 g/mol. The highest BCUT2D eigenvalue weighted by atomic mass is 16.5. The van der Waals surface area contributed by atoms with E-state index in [0.29, 0.717) is 23.4 Å². The zero-order valence-electron chi connectivity index (χ0n) is 8.07. The van der Waals surface area contributed by atoms with Gasteiger partial charge in [-0.25, -0.2) is 0 Å². The van der Waals surface area contributed by atoms with Gasteiger partial charge >= 0.3 is 0 Å². The molecule has 0 aliphatic heterocycles. The molecule has 1 aromatic rings. The Morgan fingerprint density at radius 3 is 2.93 bits per heavy atom. The van der Waals surface area contributed by atoms with Gasteiger partial charge in [0, 0.05) is 18.7 Å². The van der Waals surface area contributed by atoms with Gasteiger partial charge in [0.1, 0.15) is 23.1 Å². The maximum atomic E-state index is 11.3. The number of Topliss-reactive ketones (excluding diaryl/α,β-unsaturated/α-hetero) is 1. The van der Waals surface area contributed by atoms with Crippen molar-refractivity contribution in [2.75, 3.05) is 7.11 Å². The molecule has 0 radical (unpaired) electrons. The molecule has 0 aromatic carbocycles. The zero-order chi connectivity index (χ0) is 10.6. The first-order valence-corrected chi connectivity index (χ1v) is 4.20. The first kappa shape index (κ1) is 10.2. The molecule has 0 fully saturated rings. The molecule has 1 aromatic heterocycles. The Morgan fingerprint density at radius 1 is 1.71 bits per heavy atom. The molecule has 4 heteroatoms. The number of hydrogen-bond acceptors (Lipinski definition) is 4. The van der Waals surface area contributed by atoms with Gasteiger partial charge in [0.2, 0.25) is 0 Å². The number of ketones is 1. The van der Waals surface area contributed by atoms with E-state index in [1.807, 2.05) is 6.07 Å². The lowest BCUT2D eigenvalue weighted by atomic mass is 10.2. The zero-order valence-corrected chi connectivity index (χ0v) is 8.07. The largest absolute Gasteiger partial charge is 0.495 e. The van der Waals surface area contributed by atoms with Crippen LogP contribution in [0.15, 0.2) is 12.3 Å². The summed E-state index contributed by atoms with van der Waals surface area (Å²) < 4.78 is 4.96. The van der Waals surface area contributed by atoms with Crippen molar-refractivity contribution in [3.05, 3.63) is 23.5 Å². The lowest BCUT2D eigenvalue weighted by Gasteiger charge is -2.03. The number of nitriles is 1. The van der Waals surface area contributed by atoms with Crippen LogP contribution >= 0.6 is 0 Å². The van der Waals surface area contributed by atoms with E-state index in [2.05, 4.69) is 4.98 Å². The molecule has 0 saturated carbocycles. The van der Waals surface area contributed by atoms with Gasteiger partial charge in [0.25, 0.3) is 0 Å². The van der Waals surface area contributed by atoms with E-state index < -0.39 is 0 Å². The molecule has 1 rings (SSSR count). The molecule has 0 unspecified atom stereocenters. The third kappa shape index (κ3) is 1.88. The summed E-state index contributed by atoms with van der Waals surface area (Å²) in [5.74, 6) is 0.326. The van der Waals surface area contributed by atoms with Crippen molar-refractivity contribution in [1.29, 1.82) is 5.26 Å². The van der Waals surface area contributed by atoms with Crippen LogP contribution in [-0.4, -0.2) is 17.9 Å². The van der Waals surface area contributed by atoms with Crippen LogP contribution in [0.3, 0.4) is 0 Å². The van der Waals surface area contributed by atoms with Crippen LogP contribution < -0.4 is 4.74 Å². The van der Waals surface area contributed by atoms with E-state index in [4.69, 9.17) is 10.00 Å². The molecule has 72 valence electrons. The number of pyridine rings is 1. The summed E-state index contributed by atoms with van der Waals surface area (Å²) in [5, 5.41) is 8.68. The molecule has 0 aliphatic carbocycles. The van der Waals surface area contributed by atoms with Gasteiger partial charge in [0.15, 0.2) is 5.78 Å². The Morgan fingerprint density at radius 2 is 2.43 bits per heavy atom. The molecule has 0 spiro atoms. The van der Waals surface area contributed by atoms with Gasteiger partial charge in [-0.1, -0.05) is 6.92 Å². The Labute approximate surface area is 82.1 Å². The van der Waals surface area contributed by atoms with Crippen molar-refractivity contribution in [2.24, 2.45) is 0 Å². The Balaban J connectivity index is 3.15. The topological polar surface area (TPSA) is 63.0 Å². The number of carbonyl (C=O) groups excluding carboxylic acids is 1. The van der Waals surface area contributed by atoms with Crippen LogP contribution in [0.4, 0.5) is 0 Å². The molecule has 0 saturated heterocycles. The highest BCUT2D eigenvalue weighted by Gasteiger charge is 2.09. The number of carbonyl (C=O) groups is 1. The predicted octanol–water partition coefficient (Wildman–Crippen LogP) is 1.55. The molecule has 0 aliphatic rings. The fourth-order valence-electron chi connectivity index (χ4n) is 1.02. The first-order chi connectivity index (χ1) is 6.72. The third-order valence-corrected chi connectivity index (χ3v) is 1.81. The molecule has 1 heterocycles. The standard InChI is InChI=1S/C10H10N2O2/c1-3-9(13)8-4-10(14-2)7(5-11)6-12-8/h4,6H,3H2,1-2H3. The molecule has 0 N–H and O–H groups in total. The van der Waals surface area contributed by atoms with Crippen LogP contribution in [0.25, 0.3) is 0 Å². The first-order valence-electron chi connectivity index (χ1n) is 4.20. The van der Waals surface area contributed by atoms with Gasteiger partial charge in [-0.3, -0.25) is 9.78 Å². The summed E-state index contributed by atoms with van der Waals surface area (Å²) in [6.07, 6.45) is 1.74. The fourth-order valence-corrected chi connectivity index (χ4v) is 1.02.